The van der Waals surface area contributed by atoms with E-state index in [2.05, 4.69) is 0 Å². The molecule has 11 heteroatoms. The molecule has 2 N–H and O–H groups in total. The van der Waals surface area contributed by atoms with Crippen molar-refractivity contribution < 1.29 is 40.6 Å². The Kier molecular flexibility index (Phi) is 5.87. The maximum atomic E-state index is 13.6. The van der Waals surface area contributed by atoms with Crippen LogP contribution in [-0.4, -0.2) is 12.6 Å². The summed E-state index contributed by atoms with van der Waals surface area (Å²) in [7, 11) is 0. The number of hydrogen-bond acceptors (Lipinski definition) is 5. The van der Waals surface area contributed by atoms with Crippen LogP contribution in [-0.2, 0) is 26.6 Å². The van der Waals surface area contributed by atoms with E-state index in [0.717, 1.165) is 0 Å². The summed E-state index contributed by atoms with van der Waals surface area (Å²) < 4.78 is 89.6. The molecule has 1 aliphatic heterocycles. The van der Waals surface area contributed by atoms with E-state index in [1.54, 1.807) is 6.07 Å². The highest BCUT2D eigenvalue weighted by Gasteiger charge is 2.44. The highest BCUT2D eigenvalue weighted by molar-refractivity contribution is 5.92. The van der Waals surface area contributed by atoms with Crippen LogP contribution in [0.15, 0.2) is 41.0 Å². The topological polar surface area (TPSA) is 85.3 Å². The summed E-state index contributed by atoms with van der Waals surface area (Å²) in [4.78, 5) is 12.4. The largest absolute Gasteiger partial charge is 0.463 e. The van der Waals surface area contributed by atoms with Crippen LogP contribution >= 0.6 is 0 Å². The van der Waals surface area contributed by atoms with E-state index in [1.807, 2.05) is 0 Å². The van der Waals surface area contributed by atoms with E-state index < -0.39 is 58.0 Å². The van der Waals surface area contributed by atoms with Gasteiger partial charge in [0.25, 0.3) is 0 Å². The first-order chi connectivity index (χ1) is 13.3. The lowest BCUT2D eigenvalue weighted by Gasteiger charge is -2.29. The van der Waals surface area contributed by atoms with Gasteiger partial charge in [0.1, 0.15) is 17.4 Å². The van der Waals surface area contributed by atoms with Crippen LogP contribution in [0.5, 0.6) is 0 Å². The third-order valence-corrected chi connectivity index (χ3v) is 4.10. The molecule has 1 aliphatic rings. The minimum absolute atomic E-state index is 0.0753. The van der Waals surface area contributed by atoms with E-state index in [-0.39, 0.29) is 18.4 Å². The van der Waals surface area contributed by atoms with E-state index >= 15 is 0 Å². The number of nitrogens with zero attached hydrogens (tertiary/aromatic N) is 1. The minimum atomic E-state index is -5.21. The average molecular weight is 420 g/mol. The number of ether oxygens (including phenoxy) is 2. The summed E-state index contributed by atoms with van der Waals surface area (Å²) in [6.07, 6.45) is -10.2. The van der Waals surface area contributed by atoms with Gasteiger partial charge in [-0.05, 0) is 31.5 Å². The number of esters is 1. The first-order valence-corrected chi connectivity index (χ1v) is 8.06. The van der Waals surface area contributed by atoms with Gasteiger partial charge >= 0.3 is 18.3 Å². The molecule has 1 atom stereocenters. The maximum absolute atomic E-state index is 13.6. The Labute approximate surface area is 161 Å². The first kappa shape index (κ1) is 22.1. The van der Waals surface area contributed by atoms with Crippen molar-refractivity contribution in [3.8, 4) is 6.07 Å². The summed E-state index contributed by atoms with van der Waals surface area (Å²) in [5.74, 6) is -3.58. The Bertz CT molecular complexity index is 938. The number of alkyl halides is 6. The average Bonchev–Trinajstić information content (AvgIpc) is 2.59. The van der Waals surface area contributed by atoms with Crippen LogP contribution in [0, 0.1) is 11.3 Å². The second-order valence-corrected chi connectivity index (χ2v) is 5.91. The molecular formula is C18H14F6N2O3. The van der Waals surface area contributed by atoms with Gasteiger partial charge in [-0.1, -0.05) is 6.07 Å². The molecule has 0 spiro atoms. The summed E-state index contributed by atoms with van der Waals surface area (Å²) in [5.41, 5.74) is 0.637. The molecule has 0 radical (unpaired) electrons. The fourth-order valence-corrected chi connectivity index (χ4v) is 2.90. The molecule has 0 fully saturated rings. The van der Waals surface area contributed by atoms with E-state index in [9.17, 15) is 36.4 Å². The van der Waals surface area contributed by atoms with Gasteiger partial charge in [-0.3, -0.25) is 0 Å². The van der Waals surface area contributed by atoms with Gasteiger partial charge in [0.05, 0.1) is 29.2 Å². The maximum Gasteiger partial charge on any atom is 0.416 e. The number of halogens is 6. The van der Waals surface area contributed by atoms with Gasteiger partial charge in [0.15, 0.2) is 0 Å². The Hall–Kier alpha value is -3.16. The van der Waals surface area contributed by atoms with Gasteiger partial charge < -0.3 is 15.2 Å². The Balaban J connectivity index is 2.84. The van der Waals surface area contributed by atoms with Gasteiger partial charge in [0.2, 0.25) is 5.88 Å². The Morgan fingerprint density at radius 1 is 1.24 bits per heavy atom. The fraction of sp³-hybridized carbons (Fsp3) is 0.333. The van der Waals surface area contributed by atoms with Crippen molar-refractivity contribution in [2.45, 2.75) is 32.1 Å². The normalized spacial score (nSPS) is 17.7. The quantitative estimate of drug-likeness (QED) is 0.580. The molecule has 1 aromatic carbocycles. The molecular weight excluding hydrogens is 406 g/mol. The fourth-order valence-electron chi connectivity index (χ4n) is 2.90. The van der Waals surface area contributed by atoms with Gasteiger partial charge in [-0.15, -0.1) is 0 Å². The van der Waals surface area contributed by atoms with E-state index in [4.69, 9.17) is 15.2 Å². The highest BCUT2D eigenvalue weighted by atomic mass is 19.4. The van der Waals surface area contributed by atoms with Gasteiger partial charge in [-0.2, -0.15) is 31.6 Å². The smallest absolute Gasteiger partial charge is 0.416 e. The zero-order chi connectivity index (χ0) is 22.1. The van der Waals surface area contributed by atoms with Crippen LogP contribution in [0.1, 0.15) is 36.5 Å². The van der Waals surface area contributed by atoms with Crippen molar-refractivity contribution in [3.63, 3.8) is 0 Å². The predicted molar refractivity (Wildman–Crippen MR) is 86.4 cm³/mol. The van der Waals surface area contributed by atoms with Crippen molar-refractivity contribution in [2.75, 3.05) is 6.61 Å². The van der Waals surface area contributed by atoms with Crippen LogP contribution in [0.3, 0.4) is 0 Å². The third kappa shape index (κ3) is 4.31. The number of carbonyl (C=O) groups is 1. The Morgan fingerprint density at radius 3 is 2.34 bits per heavy atom. The van der Waals surface area contributed by atoms with Gasteiger partial charge in [-0.25, -0.2) is 4.79 Å². The van der Waals surface area contributed by atoms with Crippen molar-refractivity contribution in [1.29, 1.82) is 5.26 Å². The number of rotatable bonds is 3. The molecule has 0 amide bonds. The van der Waals surface area contributed by atoms with Crippen molar-refractivity contribution >= 4 is 5.97 Å². The first-order valence-electron chi connectivity index (χ1n) is 8.06. The van der Waals surface area contributed by atoms with Gasteiger partial charge in [0, 0.05) is 0 Å². The van der Waals surface area contributed by atoms with Crippen LogP contribution in [0.4, 0.5) is 26.3 Å². The zero-order valence-electron chi connectivity index (χ0n) is 15.0. The molecule has 1 unspecified atom stereocenters. The molecule has 0 saturated heterocycles. The van der Waals surface area contributed by atoms with Crippen molar-refractivity contribution in [3.05, 3.63) is 57.7 Å². The lowest BCUT2D eigenvalue weighted by molar-refractivity contribution is -0.144. The number of benzene rings is 1. The minimum Gasteiger partial charge on any atom is -0.463 e. The second-order valence-electron chi connectivity index (χ2n) is 5.91. The van der Waals surface area contributed by atoms with Crippen LogP contribution in [0.25, 0.3) is 0 Å². The number of nitrogens with two attached hydrogens (primary N) is 1. The zero-order valence-corrected chi connectivity index (χ0v) is 15.0. The monoisotopic (exact) mass is 420 g/mol. The molecule has 2 rings (SSSR count). The summed E-state index contributed by atoms with van der Waals surface area (Å²) in [6, 6.07) is 2.50. The van der Waals surface area contributed by atoms with Crippen LogP contribution in [0.2, 0.25) is 0 Å². The number of nitriles is 1. The lowest BCUT2D eigenvalue weighted by atomic mass is 9.80. The number of carbonyl (C=O) groups excluding carboxylic acids is 1. The second kappa shape index (κ2) is 7.69. The van der Waals surface area contributed by atoms with E-state index in [1.165, 1.54) is 13.8 Å². The molecule has 0 bridgehead atoms. The molecule has 156 valence electrons. The van der Waals surface area contributed by atoms with Crippen molar-refractivity contribution in [1.82, 2.24) is 0 Å². The Morgan fingerprint density at radius 2 is 1.86 bits per heavy atom. The highest BCUT2D eigenvalue weighted by Crippen LogP contribution is 2.46. The summed E-state index contributed by atoms with van der Waals surface area (Å²) in [6.45, 7) is 2.53. The standard InChI is InChI=1S/C18H14F6N2O3/c1-3-28-16(27)13-8(2)29-15(26)11(7-25)14(13)10-5-4-9(17(19,20)21)6-12(10)18(22,23)24/h4-6,14H,3,26H2,1-2H3. The third-order valence-electron chi connectivity index (χ3n) is 4.10. The molecule has 0 aliphatic carbocycles. The number of allylic oxidation sites excluding steroid dienone is 2. The predicted octanol–water partition coefficient (Wildman–Crippen LogP) is 4.37. The molecule has 1 heterocycles. The van der Waals surface area contributed by atoms with E-state index in [0.29, 0.717) is 12.1 Å². The van der Waals surface area contributed by atoms with Crippen molar-refractivity contribution in [2.24, 2.45) is 5.73 Å². The lowest BCUT2D eigenvalue weighted by Crippen LogP contribution is -2.27. The summed E-state index contributed by atoms with van der Waals surface area (Å²) >= 11 is 0. The van der Waals surface area contributed by atoms with Crippen LogP contribution < -0.4 is 5.73 Å². The number of hydrogen-bond donors (Lipinski definition) is 1. The SMILES string of the molecule is CCOC(=O)C1=C(C)OC(N)=C(C#N)C1c1ccc(C(F)(F)F)cc1C(F)(F)F. The molecule has 0 aromatic heterocycles. The molecule has 5 nitrogen and oxygen atoms in total. The molecule has 1 aromatic rings. The summed E-state index contributed by atoms with van der Waals surface area (Å²) in [5, 5.41) is 9.38. The molecule has 29 heavy (non-hydrogen) atoms. The molecule has 0 saturated carbocycles.